The molecule has 0 saturated heterocycles. The zero-order valence-electron chi connectivity index (χ0n) is 12.8. The normalized spacial score (nSPS) is 11.8. The number of aromatic nitrogens is 2. The van der Waals surface area contributed by atoms with Crippen molar-refractivity contribution in [1.29, 1.82) is 0 Å². The third-order valence-corrected chi connectivity index (χ3v) is 4.92. The number of carbonyl (C=O) groups is 1. The Bertz CT molecular complexity index is 982. The van der Waals surface area contributed by atoms with Crippen LogP contribution in [-0.4, -0.2) is 29.5 Å². The Morgan fingerprint density at radius 3 is 2.52 bits per heavy atom. The van der Waals surface area contributed by atoms with Gasteiger partial charge in [0.05, 0.1) is 17.1 Å². The maximum Gasteiger partial charge on any atom is 0.341 e. The second-order valence-corrected chi connectivity index (χ2v) is 7.13. The third-order valence-electron chi connectivity index (χ3n) is 3.52. The summed E-state index contributed by atoms with van der Waals surface area (Å²) in [6.45, 7) is 0.178. The molecule has 2 aromatic heterocycles. The van der Waals surface area contributed by atoms with Crippen LogP contribution in [-0.2, 0) is 16.4 Å². The molecule has 3 rings (SSSR count). The average Bonchev–Trinajstić information content (AvgIpc) is 3.02. The van der Waals surface area contributed by atoms with E-state index in [1.807, 2.05) is 28.8 Å². The summed E-state index contributed by atoms with van der Waals surface area (Å²) in [5.74, 6) is -3.96. The predicted molar refractivity (Wildman–Crippen MR) is 86.0 cm³/mol. The minimum Gasteiger partial charge on any atom is -0.346 e. The van der Waals surface area contributed by atoms with Crippen LogP contribution in [0.3, 0.4) is 0 Å². The first-order valence-electron chi connectivity index (χ1n) is 7.21. The van der Waals surface area contributed by atoms with E-state index < -0.39 is 26.4 Å². The lowest BCUT2D eigenvalue weighted by molar-refractivity contribution is 0.0950. The molecule has 0 aliphatic carbocycles. The van der Waals surface area contributed by atoms with Crippen molar-refractivity contribution in [3.8, 4) is 0 Å². The molecule has 0 spiro atoms. The van der Waals surface area contributed by atoms with E-state index in [-0.39, 0.29) is 12.1 Å². The summed E-state index contributed by atoms with van der Waals surface area (Å²) < 4.78 is 49.5. The largest absolute Gasteiger partial charge is 0.346 e. The number of hydrogen-bond donors (Lipinski definition) is 1. The van der Waals surface area contributed by atoms with Crippen molar-refractivity contribution in [3.63, 3.8) is 0 Å². The summed E-state index contributed by atoms with van der Waals surface area (Å²) in [6.07, 6.45) is 3.60. The summed E-state index contributed by atoms with van der Waals surface area (Å²) >= 11 is 0. The second kappa shape index (κ2) is 6.60. The Balaban J connectivity index is 1.69. The van der Waals surface area contributed by atoms with Crippen molar-refractivity contribution in [3.05, 3.63) is 66.1 Å². The molecule has 9 heteroatoms. The van der Waals surface area contributed by atoms with E-state index in [1.165, 1.54) is 12.1 Å². The van der Waals surface area contributed by atoms with Gasteiger partial charge in [0.2, 0.25) is 9.84 Å². The van der Waals surface area contributed by atoms with Crippen molar-refractivity contribution >= 4 is 21.4 Å². The van der Waals surface area contributed by atoms with E-state index in [9.17, 15) is 22.0 Å². The number of imidazole rings is 1. The topological polar surface area (TPSA) is 80.5 Å². The molecule has 2 heterocycles. The molecule has 0 aliphatic rings. The molecule has 0 aliphatic heterocycles. The Morgan fingerprint density at radius 1 is 1.16 bits per heavy atom. The van der Waals surface area contributed by atoms with E-state index >= 15 is 0 Å². The fourth-order valence-electron chi connectivity index (χ4n) is 2.24. The van der Waals surface area contributed by atoms with E-state index in [0.717, 1.165) is 17.8 Å². The van der Waals surface area contributed by atoms with Gasteiger partial charge in [-0.05, 0) is 36.4 Å². The summed E-state index contributed by atoms with van der Waals surface area (Å²) in [4.78, 5) is 15.9. The second-order valence-electron chi connectivity index (χ2n) is 5.21. The standard InChI is InChI=1S/C16H13F2N3O3S/c17-16(18)25(23,24)13-6-4-11(5-7-13)15(22)19-9-12-10-21-8-2-1-3-14(21)20-12/h1-8,10,16H,9H2,(H,19,22). The number of carbonyl (C=O) groups excluding carboxylic acids is 1. The van der Waals surface area contributed by atoms with Crippen LogP contribution in [0, 0.1) is 0 Å². The highest BCUT2D eigenvalue weighted by Crippen LogP contribution is 2.18. The zero-order chi connectivity index (χ0) is 18.0. The van der Waals surface area contributed by atoms with Crippen molar-refractivity contribution in [2.45, 2.75) is 17.2 Å². The Hall–Kier alpha value is -2.81. The monoisotopic (exact) mass is 365 g/mol. The summed E-state index contributed by atoms with van der Waals surface area (Å²) in [5.41, 5.74) is 1.56. The Labute approximate surface area is 142 Å². The third kappa shape index (κ3) is 3.50. The van der Waals surface area contributed by atoms with E-state index in [2.05, 4.69) is 10.3 Å². The number of sulfone groups is 1. The molecular weight excluding hydrogens is 352 g/mol. The van der Waals surface area contributed by atoms with Gasteiger partial charge in [0.1, 0.15) is 5.65 Å². The number of hydrogen-bond acceptors (Lipinski definition) is 4. The molecule has 3 aromatic rings. The van der Waals surface area contributed by atoms with Crippen LogP contribution in [0.25, 0.3) is 5.65 Å². The van der Waals surface area contributed by atoms with Gasteiger partial charge in [-0.15, -0.1) is 0 Å². The lowest BCUT2D eigenvalue weighted by Gasteiger charge is -2.06. The number of alkyl halides is 2. The maximum atomic E-state index is 12.5. The fraction of sp³-hybridized carbons (Fsp3) is 0.125. The van der Waals surface area contributed by atoms with Crippen molar-refractivity contribution in [2.24, 2.45) is 0 Å². The number of pyridine rings is 1. The van der Waals surface area contributed by atoms with Crippen LogP contribution in [0.15, 0.2) is 59.8 Å². The summed E-state index contributed by atoms with van der Waals surface area (Å²) in [7, 11) is -4.67. The van der Waals surface area contributed by atoms with Gasteiger partial charge in [-0.2, -0.15) is 8.78 Å². The van der Waals surface area contributed by atoms with E-state index in [0.29, 0.717) is 5.69 Å². The molecule has 0 fully saturated rings. The van der Waals surface area contributed by atoms with Crippen LogP contribution in [0.1, 0.15) is 16.1 Å². The minimum absolute atomic E-state index is 0.164. The first-order valence-corrected chi connectivity index (χ1v) is 8.75. The summed E-state index contributed by atoms with van der Waals surface area (Å²) in [6, 6.07) is 9.88. The smallest absolute Gasteiger partial charge is 0.341 e. The number of nitrogens with zero attached hydrogens (tertiary/aromatic N) is 2. The number of rotatable bonds is 5. The van der Waals surface area contributed by atoms with Gasteiger partial charge in [0, 0.05) is 18.0 Å². The molecule has 0 atom stereocenters. The minimum atomic E-state index is -4.67. The molecule has 1 aromatic carbocycles. The molecule has 0 unspecified atom stereocenters. The molecule has 25 heavy (non-hydrogen) atoms. The van der Waals surface area contributed by atoms with Gasteiger partial charge in [-0.1, -0.05) is 6.07 Å². The highest BCUT2D eigenvalue weighted by Gasteiger charge is 2.26. The number of halogens is 2. The predicted octanol–water partition coefficient (Wildman–Crippen LogP) is 2.26. The number of benzene rings is 1. The first kappa shape index (κ1) is 17.0. The quantitative estimate of drug-likeness (QED) is 0.752. The molecule has 6 nitrogen and oxygen atoms in total. The van der Waals surface area contributed by atoms with Crippen LogP contribution < -0.4 is 5.32 Å². The van der Waals surface area contributed by atoms with Gasteiger partial charge in [0.25, 0.3) is 5.91 Å². The van der Waals surface area contributed by atoms with Gasteiger partial charge in [-0.25, -0.2) is 13.4 Å². The average molecular weight is 365 g/mol. The molecule has 0 radical (unpaired) electrons. The first-order chi connectivity index (χ1) is 11.9. The number of amides is 1. The summed E-state index contributed by atoms with van der Waals surface area (Å²) in [5, 5.41) is 2.64. The molecular formula is C16H13F2N3O3S. The van der Waals surface area contributed by atoms with Crippen LogP contribution >= 0.6 is 0 Å². The van der Waals surface area contributed by atoms with Crippen LogP contribution in [0.2, 0.25) is 0 Å². The van der Waals surface area contributed by atoms with Crippen molar-refractivity contribution < 1.29 is 22.0 Å². The SMILES string of the molecule is O=C(NCc1cn2ccccc2n1)c1ccc(S(=O)(=O)C(F)F)cc1. The molecule has 1 N–H and O–H groups in total. The maximum absolute atomic E-state index is 12.5. The van der Waals surface area contributed by atoms with Gasteiger partial charge < -0.3 is 9.72 Å². The fourth-order valence-corrected chi connectivity index (χ4v) is 2.97. The molecule has 0 bridgehead atoms. The molecule has 1 amide bonds. The van der Waals surface area contributed by atoms with Crippen LogP contribution in [0.4, 0.5) is 8.78 Å². The van der Waals surface area contributed by atoms with Crippen molar-refractivity contribution in [1.82, 2.24) is 14.7 Å². The lowest BCUT2D eigenvalue weighted by atomic mass is 10.2. The lowest BCUT2D eigenvalue weighted by Crippen LogP contribution is -2.23. The van der Waals surface area contributed by atoms with E-state index in [1.54, 1.807) is 6.20 Å². The number of fused-ring (bicyclic) bond motifs is 1. The zero-order valence-corrected chi connectivity index (χ0v) is 13.6. The van der Waals surface area contributed by atoms with Gasteiger partial charge >= 0.3 is 5.76 Å². The Morgan fingerprint density at radius 2 is 1.88 bits per heavy atom. The van der Waals surface area contributed by atoms with E-state index in [4.69, 9.17) is 0 Å². The highest BCUT2D eigenvalue weighted by atomic mass is 32.2. The van der Waals surface area contributed by atoms with Gasteiger partial charge in [0.15, 0.2) is 0 Å². The van der Waals surface area contributed by atoms with Gasteiger partial charge in [-0.3, -0.25) is 4.79 Å². The van der Waals surface area contributed by atoms with Crippen molar-refractivity contribution in [2.75, 3.05) is 0 Å². The molecule has 0 saturated carbocycles. The highest BCUT2D eigenvalue weighted by molar-refractivity contribution is 7.91. The number of nitrogens with one attached hydrogen (secondary N) is 1. The Kier molecular flexibility index (Phi) is 4.49. The molecule has 130 valence electrons. The van der Waals surface area contributed by atoms with Crippen LogP contribution in [0.5, 0.6) is 0 Å².